The van der Waals surface area contributed by atoms with Crippen LogP contribution in [-0.2, 0) is 6.54 Å². The Morgan fingerprint density at radius 3 is 2.62 bits per heavy atom. The van der Waals surface area contributed by atoms with Crippen molar-refractivity contribution < 1.29 is 9.53 Å². The fraction of sp³-hybridized carbons (Fsp3) is 0.158. The van der Waals surface area contributed by atoms with Crippen LogP contribution in [0.2, 0.25) is 0 Å². The zero-order valence-corrected chi connectivity index (χ0v) is 13.6. The van der Waals surface area contributed by atoms with Gasteiger partial charge in [-0.15, -0.1) is 0 Å². The highest BCUT2D eigenvalue weighted by atomic mass is 16.5. The van der Waals surface area contributed by atoms with E-state index < -0.39 is 5.91 Å². The van der Waals surface area contributed by atoms with Crippen molar-refractivity contribution in [1.29, 1.82) is 0 Å². The number of aryl methyl sites for hydroxylation is 1. The molecule has 0 unspecified atom stereocenters. The Bertz CT molecular complexity index is 960. The lowest BCUT2D eigenvalue weighted by atomic mass is 10.0. The van der Waals surface area contributed by atoms with Crippen LogP contribution in [0, 0.1) is 6.92 Å². The molecule has 1 amide bonds. The molecule has 5 nitrogen and oxygen atoms in total. The van der Waals surface area contributed by atoms with E-state index in [1.807, 2.05) is 48.5 Å². The average Bonchev–Trinajstić information content (AvgIpc) is 2.60. The van der Waals surface area contributed by atoms with Crippen LogP contribution in [0.4, 0.5) is 0 Å². The zero-order chi connectivity index (χ0) is 17.1. The maximum atomic E-state index is 12.5. The Morgan fingerprint density at radius 1 is 1.12 bits per heavy atom. The van der Waals surface area contributed by atoms with E-state index in [1.54, 1.807) is 14.0 Å². The molecule has 1 aromatic heterocycles. The Morgan fingerprint density at radius 2 is 1.83 bits per heavy atom. The van der Waals surface area contributed by atoms with Gasteiger partial charge in [0.1, 0.15) is 11.3 Å². The van der Waals surface area contributed by atoms with Gasteiger partial charge in [-0.2, -0.15) is 0 Å². The summed E-state index contributed by atoms with van der Waals surface area (Å²) < 4.78 is 5.27. The monoisotopic (exact) mass is 322 g/mol. The van der Waals surface area contributed by atoms with E-state index >= 15 is 0 Å². The molecule has 122 valence electrons. The smallest absolute Gasteiger partial charge is 0.261 e. The van der Waals surface area contributed by atoms with Crippen LogP contribution in [-0.4, -0.2) is 18.0 Å². The quantitative estimate of drug-likeness (QED) is 0.776. The van der Waals surface area contributed by atoms with E-state index in [0.29, 0.717) is 11.3 Å². The lowest BCUT2D eigenvalue weighted by Gasteiger charge is -2.11. The number of carbonyl (C=O) groups is 1. The third-order valence-corrected chi connectivity index (χ3v) is 4.04. The maximum absolute atomic E-state index is 12.5. The topological polar surface area (TPSA) is 71.2 Å². The minimum absolute atomic E-state index is 0.142. The number of carbonyl (C=O) groups excluding carboxylic acids is 1. The van der Waals surface area contributed by atoms with Crippen LogP contribution in [0.15, 0.2) is 53.3 Å². The molecule has 0 radical (unpaired) electrons. The van der Waals surface area contributed by atoms with Gasteiger partial charge in [-0.1, -0.05) is 36.4 Å². The lowest BCUT2D eigenvalue weighted by molar-refractivity contribution is 0.0948. The molecule has 3 aromatic rings. The van der Waals surface area contributed by atoms with Crippen molar-refractivity contribution in [3.63, 3.8) is 0 Å². The average molecular weight is 322 g/mol. The molecule has 24 heavy (non-hydrogen) atoms. The number of aromatic amines is 1. The molecule has 2 aromatic carbocycles. The van der Waals surface area contributed by atoms with Gasteiger partial charge in [0, 0.05) is 23.0 Å². The molecule has 0 bridgehead atoms. The van der Waals surface area contributed by atoms with Crippen LogP contribution in [0.5, 0.6) is 5.75 Å². The van der Waals surface area contributed by atoms with Gasteiger partial charge >= 0.3 is 0 Å². The molecule has 2 N–H and O–H groups in total. The summed E-state index contributed by atoms with van der Waals surface area (Å²) in [6.45, 7) is 2.07. The molecule has 3 rings (SSSR count). The molecule has 0 aliphatic rings. The normalized spacial score (nSPS) is 10.6. The molecular formula is C19H18N2O3. The summed E-state index contributed by atoms with van der Waals surface area (Å²) in [5.41, 5.74) is 2.00. The van der Waals surface area contributed by atoms with Crippen molar-refractivity contribution in [2.24, 2.45) is 0 Å². The number of hydrogen-bond acceptors (Lipinski definition) is 3. The van der Waals surface area contributed by atoms with E-state index in [4.69, 9.17) is 4.74 Å². The Hall–Kier alpha value is -3.08. The van der Waals surface area contributed by atoms with Gasteiger partial charge in [-0.05, 0) is 24.6 Å². The van der Waals surface area contributed by atoms with Crippen LogP contribution in [0.1, 0.15) is 21.5 Å². The van der Waals surface area contributed by atoms with Crippen molar-refractivity contribution in [3.8, 4) is 5.75 Å². The number of nitrogens with one attached hydrogen (secondary N) is 2. The van der Waals surface area contributed by atoms with E-state index in [9.17, 15) is 9.59 Å². The second-order valence-electron chi connectivity index (χ2n) is 5.49. The molecule has 0 fully saturated rings. The van der Waals surface area contributed by atoms with E-state index in [1.165, 1.54) is 0 Å². The molecule has 1 heterocycles. The number of para-hydroxylation sites is 2. The summed E-state index contributed by atoms with van der Waals surface area (Å²) in [5, 5.41) is 3.66. The molecule has 0 aliphatic carbocycles. The fourth-order valence-corrected chi connectivity index (χ4v) is 2.80. The first-order chi connectivity index (χ1) is 11.6. The summed E-state index contributed by atoms with van der Waals surface area (Å²) in [4.78, 5) is 27.6. The van der Waals surface area contributed by atoms with Crippen molar-refractivity contribution in [3.05, 3.63) is 75.6 Å². The Labute approximate surface area is 139 Å². The van der Waals surface area contributed by atoms with Gasteiger partial charge in [0.2, 0.25) is 0 Å². The number of ether oxygens (including phenoxy) is 1. The van der Waals surface area contributed by atoms with Gasteiger partial charge < -0.3 is 15.0 Å². The standard InChI is InChI=1S/C19H18N2O3/c1-12-14-8-4-5-9-15(14)21-19(23)17(12)18(22)20-11-13-7-3-6-10-16(13)24-2/h3-10H,11H2,1-2H3,(H,20,22)(H,21,23). The molecule has 0 spiro atoms. The van der Waals surface area contributed by atoms with Gasteiger partial charge in [-0.25, -0.2) is 0 Å². The van der Waals surface area contributed by atoms with Crippen molar-refractivity contribution in [2.75, 3.05) is 7.11 Å². The lowest BCUT2D eigenvalue weighted by Crippen LogP contribution is -2.30. The summed E-state index contributed by atoms with van der Waals surface area (Å²) in [6, 6.07) is 14.9. The minimum atomic E-state index is -0.398. The largest absolute Gasteiger partial charge is 0.496 e. The number of fused-ring (bicyclic) bond motifs is 1. The van der Waals surface area contributed by atoms with Crippen molar-refractivity contribution in [1.82, 2.24) is 10.3 Å². The molecule has 0 atom stereocenters. The van der Waals surface area contributed by atoms with Gasteiger partial charge in [-0.3, -0.25) is 9.59 Å². The number of hydrogen-bond donors (Lipinski definition) is 2. The minimum Gasteiger partial charge on any atom is -0.496 e. The van der Waals surface area contributed by atoms with Crippen LogP contribution in [0.3, 0.4) is 0 Å². The zero-order valence-electron chi connectivity index (χ0n) is 13.6. The molecular weight excluding hydrogens is 304 g/mol. The van der Waals surface area contributed by atoms with E-state index in [-0.39, 0.29) is 17.7 Å². The predicted octanol–water partition coefficient (Wildman–Crippen LogP) is 2.78. The van der Waals surface area contributed by atoms with Gasteiger partial charge in [0.15, 0.2) is 0 Å². The van der Waals surface area contributed by atoms with Gasteiger partial charge in [0.25, 0.3) is 11.5 Å². The summed E-state index contributed by atoms with van der Waals surface area (Å²) in [6.07, 6.45) is 0. The maximum Gasteiger partial charge on any atom is 0.261 e. The highest BCUT2D eigenvalue weighted by Gasteiger charge is 2.16. The number of aromatic nitrogens is 1. The molecule has 0 saturated heterocycles. The van der Waals surface area contributed by atoms with E-state index in [0.717, 1.165) is 16.5 Å². The third-order valence-electron chi connectivity index (χ3n) is 4.04. The highest BCUT2D eigenvalue weighted by molar-refractivity contribution is 5.99. The summed E-state index contributed by atoms with van der Waals surface area (Å²) in [5.74, 6) is 0.298. The summed E-state index contributed by atoms with van der Waals surface area (Å²) >= 11 is 0. The van der Waals surface area contributed by atoms with E-state index in [2.05, 4.69) is 10.3 Å². The van der Waals surface area contributed by atoms with Crippen LogP contribution < -0.4 is 15.6 Å². The second-order valence-corrected chi connectivity index (χ2v) is 5.49. The Balaban J connectivity index is 1.90. The number of pyridine rings is 1. The third kappa shape index (κ3) is 2.88. The number of rotatable bonds is 4. The first kappa shape index (κ1) is 15.8. The predicted molar refractivity (Wildman–Crippen MR) is 93.5 cm³/mol. The van der Waals surface area contributed by atoms with Crippen molar-refractivity contribution >= 4 is 16.8 Å². The SMILES string of the molecule is COc1ccccc1CNC(=O)c1c(C)c2ccccc2[nH]c1=O. The Kier molecular flexibility index (Phi) is 4.33. The van der Waals surface area contributed by atoms with Crippen LogP contribution >= 0.6 is 0 Å². The first-order valence-electron chi connectivity index (χ1n) is 7.63. The fourth-order valence-electron chi connectivity index (χ4n) is 2.80. The second kappa shape index (κ2) is 6.58. The van der Waals surface area contributed by atoms with Gasteiger partial charge in [0.05, 0.1) is 7.11 Å². The number of H-pyrrole nitrogens is 1. The highest BCUT2D eigenvalue weighted by Crippen LogP contribution is 2.18. The molecule has 0 aliphatic heterocycles. The van der Waals surface area contributed by atoms with Crippen molar-refractivity contribution in [2.45, 2.75) is 13.5 Å². The number of amides is 1. The molecule has 0 saturated carbocycles. The van der Waals surface area contributed by atoms with Crippen LogP contribution in [0.25, 0.3) is 10.9 Å². The summed E-state index contributed by atoms with van der Waals surface area (Å²) in [7, 11) is 1.58. The first-order valence-corrected chi connectivity index (χ1v) is 7.63. The number of methoxy groups -OCH3 is 1. The molecule has 5 heteroatoms. The number of benzene rings is 2.